The smallest absolute Gasteiger partial charge is 0.264 e. The van der Waals surface area contributed by atoms with Crippen LogP contribution in [0.3, 0.4) is 0 Å². The Morgan fingerprint density at radius 2 is 1.93 bits per heavy atom. The second-order valence-corrected chi connectivity index (χ2v) is 6.82. The van der Waals surface area contributed by atoms with Crippen LogP contribution in [0.5, 0.6) is 11.6 Å². The van der Waals surface area contributed by atoms with Gasteiger partial charge in [-0.25, -0.2) is 4.98 Å². The van der Waals surface area contributed by atoms with E-state index in [9.17, 15) is 4.79 Å². The number of ether oxygens (including phenoxy) is 3. The summed E-state index contributed by atoms with van der Waals surface area (Å²) in [5, 5.41) is 0. The van der Waals surface area contributed by atoms with Gasteiger partial charge in [0.1, 0.15) is 19.3 Å². The molecule has 1 aromatic rings. The molecule has 1 atom stereocenters. The van der Waals surface area contributed by atoms with E-state index in [1.54, 1.807) is 0 Å². The lowest BCUT2D eigenvalue weighted by atomic mass is 10.0. The van der Waals surface area contributed by atoms with Crippen molar-refractivity contribution >= 4 is 5.91 Å². The molecule has 152 valence electrons. The van der Waals surface area contributed by atoms with Crippen LogP contribution >= 0.6 is 0 Å². The fourth-order valence-electron chi connectivity index (χ4n) is 3.23. The molecule has 1 aromatic heterocycles. The van der Waals surface area contributed by atoms with Gasteiger partial charge in [-0.15, -0.1) is 0 Å². The average molecular weight is 389 g/mol. The number of likely N-dealkylation sites (tertiary alicyclic amines) is 1. The number of rotatable bonds is 6. The molecule has 3 rings (SSSR count). The van der Waals surface area contributed by atoms with Crippen molar-refractivity contribution in [3.8, 4) is 11.6 Å². The topological polar surface area (TPSA) is 139 Å². The molecular weight excluding hydrogens is 362 g/mol. The van der Waals surface area contributed by atoms with Crippen molar-refractivity contribution in [1.82, 2.24) is 9.88 Å². The molecule has 1 fully saturated rings. The lowest BCUT2D eigenvalue weighted by Crippen LogP contribution is -2.39. The number of aromatic nitrogens is 1. The molecule has 2 aliphatic heterocycles. The molecule has 2 aliphatic rings. The normalized spacial score (nSPS) is 19.9. The van der Waals surface area contributed by atoms with E-state index >= 15 is 0 Å². The van der Waals surface area contributed by atoms with Crippen LogP contribution in [0.15, 0.2) is 35.9 Å². The maximum Gasteiger partial charge on any atom is 0.264 e. The van der Waals surface area contributed by atoms with Crippen molar-refractivity contribution in [2.24, 2.45) is 17.2 Å². The van der Waals surface area contributed by atoms with Crippen molar-refractivity contribution in [3.63, 3.8) is 0 Å². The third-order valence-corrected chi connectivity index (χ3v) is 4.89. The summed E-state index contributed by atoms with van der Waals surface area (Å²) in [6, 6.07) is 4.06. The molecule has 0 bridgehead atoms. The number of nitrogens with zero attached hydrogens (tertiary/aromatic N) is 2. The summed E-state index contributed by atoms with van der Waals surface area (Å²) >= 11 is 0. The number of piperidine rings is 1. The molecule has 6 N–H and O–H groups in total. The first-order chi connectivity index (χ1) is 13.4. The minimum atomic E-state index is -0.695. The van der Waals surface area contributed by atoms with Gasteiger partial charge >= 0.3 is 0 Å². The lowest BCUT2D eigenvalue weighted by molar-refractivity contribution is -0.114. The van der Waals surface area contributed by atoms with Gasteiger partial charge in [0.05, 0.1) is 11.4 Å². The van der Waals surface area contributed by atoms with Crippen LogP contribution < -0.4 is 26.7 Å². The number of pyridine rings is 1. The van der Waals surface area contributed by atoms with Gasteiger partial charge in [-0.2, -0.15) is 0 Å². The first kappa shape index (κ1) is 19.8. The minimum Gasteiger partial charge on any atom is -0.484 e. The van der Waals surface area contributed by atoms with Crippen molar-refractivity contribution in [1.29, 1.82) is 0 Å². The highest BCUT2D eigenvalue weighted by Gasteiger charge is 2.26. The highest BCUT2D eigenvalue weighted by Crippen LogP contribution is 2.31. The fraction of sp³-hybridized carbons (Fsp3) is 0.474. The van der Waals surface area contributed by atoms with E-state index in [0.717, 1.165) is 31.6 Å². The molecule has 0 radical (unpaired) electrons. The van der Waals surface area contributed by atoms with E-state index in [-0.39, 0.29) is 23.7 Å². The predicted octanol–water partition coefficient (Wildman–Crippen LogP) is 0.523. The molecule has 0 aromatic carbocycles. The molecule has 9 heteroatoms. The number of amides is 1. The van der Waals surface area contributed by atoms with Gasteiger partial charge in [-0.05, 0) is 44.1 Å². The van der Waals surface area contributed by atoms with Gasteiger partial charge in [-0.1, -0.05) is 0 Å². The number of hydrogen-bond acceptors (Lipinski definition) is 8. The number of primary amides is 1. The van der Waals surface area contributed by atoms with Gasteiger partial charge in [-0.3, -0.25) is 9.69 Å². The summed E-state index contributed by atoms with van der Waals surface area (Å²) in [5.74, 6) is 0.779. The Morgan fingerprint density at radius 3 is 2.64 bits per heavy atom. The number of carbonyl (C=O) groups is 1. The molecule has 0 aliphatic carbocycles. The second kappa shape index (κ2) is 8.83. The van der Waals surface area contributed by atoms with Crippen LogP contribution in [0.4, 0.5) is 0 Å². The van der Waals surface area contributed by atoms with E-state index in [4.69, 9.17) is 31.4 Å². The largest absolute Gasteiger partial charge is 0.484 e. The Labute approximate surface area is 164 Å². The SMILES string of the molecule is CC(c1ccc2c(n1)OCCO2)N1CCC(O/C(N)=C/C=C(\N)C(N)=O)CC1. The van der Waals surface area contributed by atoms with Crippen molar-refractivity contribution in [3.05, 3.63) is 41.6 Å². The maximum atomic E-state index is 10.9. The average Bonchev–Trinajstić information content (AvgIpc) is 2.71. The number of fused-ring (bicyclic) bond motifs is 1. The van der Waals surface area contributed by atoms with Crippen LogP contribution in [0.25, 0.3) is 0 Å². The summed E-state index contributed by atoms with van der Waals surface area (Å²) in [5.41, 5.74) is 17.2. The number of hydrogen-bond donors (Lipinski definition) is 3. The zero-order valence-electron chi connectivity index (χ0n) is 16.0. The summed E-state index contributed by atoms with van der Waals surface area (Å²) < 4.78 is 16.8. The standard InChI is InChI=1S/C19H27N5O4/c1-12(15-3-4-16-19(23-15)27-11-10-26-16)24-8-6-13(7-9-24)28-17(21)5-2-14(20)18(22)25/h2-5,12-13H,6-11,20-21H2,1H3,(H2,22,25)/b14-2-,17-5+. The van der Waals surface area contributed by atoms with Gasteiger partial charge in [0.25, 0.3) is 11.8 Å². The van der Waals surface area contributed by atoms with Crippen molar-refractivity contribution < 1.29 is 19.0 Å². The molecule has 1 saturated heterocycles. The molecule has 1 amide bonds. The summed E-state index contributed by atoms with van der Waals surface area (Å²) in [6.45, 7) is 4.92. The fourth-order valence-corrected chi connectivity index (χ4v) is 3.23. The Kier molecular flexibility index (Phi) is 6.25. The monoisotopic (exact) mass is 389 g/mol. The highest BCUT2D eigenvalue weighted by molar-refractivity contribution is 5.91. The van der Waals surface area contributed by atoms with Gasteiger partial charge in [0, 0.05) is 19.1 Å². The lowest BCUT2D eigenvalue weighted by Gasteiger charge is -2.36. The summed E-state index contributed by atoms with van der Waals surface area (Å²) in [7, 11) is 0. The van der Waals surface area contributed by atoms with Gasteiger partial charge < -0.3 is 31.4 Å². The Bertz CT molecular complexity index is 772. The van der Waals surface area contributed by atoms with Crippen molar-refractivity contribution in [2.75, 3.05) is 26.3 Å². The van der Waals surface area contributed by atoms with E-state index in [1.165, 1.54) is 12.2 Å². The number of allylic oxidation sites excluding steroid dienone is 2. The van der Waals surface area contributed by atoms with E-state index < -0.39 is 5.91 Å². The van der Waals surface area contributed by atoms with E-state index in [0.29, 0.717) is 24.8 Å². The maximum absolute atomic E-state index is 10.9. The van der Waals surface area contributed by atoms with Crippen LogP contribution in [-0.2, 0) is 9.53 Å². The third-order valence-electron chi connectivity index (χ3n) is 4.89. The van der Waals surface area contributed by atoms with Crippen molar-refractivity contribution in [2.45, 2.75) is 31.9 Å². The Morgan fingerprint density at radius 1 is 1.21 bits per heavy atom. The number of carbonyl (C=O) groups excluding carboxylic acids is 1. The Hall–Kier alpha value is -2.94. The van der Waals surface area contributed by atoms with Crippen LogP contribution in [0.2, 0.25) is 0 Å². The zero-order chi connectivity index (χ0) is 20.1. The molecule has 3 heterocycles. The quantitative estimate of drug-likeness (QED) is 0.364. The van der Waals surface area contributed by atoms with Crippen LogP contribution in [0, 0.1) is 0 Å². The highest BCUT2D eigenvalue weighted by atomic mass is 16.6. The molecule has 28 heavy (non-hydrogen) atoms. The van der Waals surface area contributed by atoms with E-state index in [2.05, 4.69) is 16.8 Å². The second-order valence-electron chi connectivity index (χ2n) is 6.82. The van der Waals surface area contributed by atoms with Crippen LogP contribution in [0.1, 0.15) is 31.5 Å². The zero-order valence-corrected chi connectivity index (χ0v) is 16.0. The molecule has 0 spiro atoms. The molecule has 9 nitrogen and oxygen atoms in total. The first-order valence-electron chi connectivity index (χ1n) is 9.34. The number of nitrogens with two attached hydrogens (primary N) is 3. The Balaban J connectivity index is 1.53. The van der Waals surface area contributed by atoms with Gasteiger partial charge in [0.15, 0.2) is 11.6 Å². The molecule has 1 unspecified atom stereocenters. The molecular formula is C19H27N5O4. The van der Waals surface area contributed by atoms with E-state index in [1.807, 2.05) is 12.1 Å². The van der Waals surface area contributed by atoms with Crippen LogP contribution in [-0.4, -0.2) is 48.2 Å². The predicted molar refractivity (Wildman–Crippen MR) is 103 cm³/mol. The molecule has 0 saturated carbocycles. The third kappa shape index (κ3) is 4.86. The first-order valence-corrected chi connectivity index (χ1v) is 9.34. The summed E-state index contributed by atoms with van der Waals surface area (Å²) in [6.07, 6.45) is 4.48. The van der Waals surface area contributed by atoms with Gasteiger partial charge in [0.2, 0.25) is 0 Å². The summed E-state index contributed by atoms with van der Waals surface area (Å²) in [4.78, 5) is 17.8. The minimum absolute atomic E-state index is 0.0103.